The highest BCUT2D eigenvalue weighted by Crippen LogP contribution is 2.32. The van der Waals surface area contributed by atoms with E-state index in [-0.39, 0.29) is 0 Å². The van der Waals surface area contributed by atoms with E-state index in [0.717, 1.165) is 35.5 Å². The van der Waals surface area contributed by atoms with Crippen LogP contribution in [0, 0.1) is 18.8 Å². The second-order valence-electron chi connectivity index (χ2n) is 6.95. The number of aromatic amines is 1. The number of benzene rings is 1. The Morgan fingerprint density at radius 1 is 1.14 bits per heavy atom. The number of rotatable bonds is 1. The smallest absolute Gasteiger partial charge is 0.156 e. The molecular weight excluding hydrogens is 272 g/mol. The zero-order valence-electron chi connectivity index (χ0n) is 13.4. The normalized spacial score (nSPS) is 22.6. The van der Waals surface area contributed by atoms with Crippen LogP contribution in [0.3, 0.4) is 0 Å². The first kappa shape index (κ1) is 13.6. The third kappa shape index (κ3) is 2.14. The zero-order valence-corrected chi connectivity index (χ0v) is 13.4. The average molecular weight is 294 g/mol. The van der Waals surface area contributed by atoms with Crippen LogP contribution >= 0.6 is 0 Å². The fourth-order valence-corrected chi connectivity index (χ4v) is 3.87. The van der Waals surface area contributed by atoms with E-state index in [2.05, 4.69) is 58.8 Å². The molecule has 3 aromatic rings. The fraction of sp³-hybridized carbons (Fsp3) is 0.444. The van der Waals surface area contributed by atoms with Gasteiger partial charge in [0.1, 0.15) is 17.4 Å². The van der Waals surface area contributed by atoms with Crippen LogP contribution < -0.4 is 4.90 Å². The molecule has 2 aromatic heterocycles. The monoisotopic (exact) mass is 294 g/mol. The van der Waals surface area contributed by atoms with Gasteiger partial charge in [-0.25, -0.2) is 9.97 Å². The molecule has 2 unspecified atom stereocenters. The minimum Gasteiger partial charge on any atom is -0.354 e. The van der Waals surface area contributed by atoms with Gasteiger partial charge in [-0.1, -0.05) is 25.5 Å². The number of H-pyrrole nitrogens is 1. The summed E-state index contributed by atoms with van der Waals surface area (Å²) in [6.07, 6.45) is 3.01. The van der Waals surface area contributed by atoms with Crippen molar-refractivity contribution in [3.05, 3.63) is 30.1 Å². The Labute approximate surface area is 130 Å². The quantitative estimate of drug-likeness (QED) is 0.740. The second kappa shape index (κ2) is 4.97. The number of aryl methyl sites for hydroxylation is 1. The van der Waals surface area contributed by atoms with E-state index in [1.807, 2.05) is 0 Å². The lowest BCUT2D eigenvalue weighted by Gasteiger charge is -2.35. The maximum atomic E-state index is 4.60. The van der Waals surface area contributed by atoms with E-state index in [0.29, 0.717) is 11.8 Å². The minimum absolute atomic E-state index is 0.709. The lowest BCUT2D eigenvalue weighted by molar-refractivity contribution is 0.356. The lowest BCUT2D eigenvalue weighted by atomic mass is 9.92. The van der Waals surface area contributed by atoms with Crippen molar-refractivity contribution in [1.29, 1.82) is 0 Å². The van der Waals surface area contributed by atoms with Crippen molar-refractivity contribution >= 4 is 27.8 Å². The molecule has 1 N–H and O–H groups in total. The van der Waals surface area contributed by atoms with Gasteiger partial charge in [0.2, 0.25) is 0 Å². The number of piperidine rings is 1. The number of hydrogen-bond acceptors (Lipinski definition) is 3. The summed E-state index contributed by atoms with van der Waals surface area (Å²) in [6, 6.07) is 6.47. The molecule has 1 fully saturated rings. The van der Waals surface area contributed by atoms with Gasteiger partial charge in [0.05, 0.1) is 0 Å². The molecule has 0 bridgehead atoms. The van der Waals surface area contributed by atoms with E-state index in [9.17, 15) is 0 Å². The number of aromatic nitrogens is 3. The van der Waals surface area contributed by atoms with Gasteiger partial charge in [-0.3, -0.25) is 0 Å². The number of hydrogen-bond donors (Lipinski definition) is 1. The van der Waals surface area contributed by atoms with Crippen molar-refractivity contribution in [2.24, 2.45) is 11.8 Å². The van der Waals surface area contributed by atoms with Crippen LogP contribution in [0.2, 0.25) is 0 Å². The van der Waals surface area contributed by atoms with Gasteiger partial charge >= 0.3 is 0 Å². The highest BCUT2D eigenvalue weighted by atomic mass is 15.2. The van der Waals surface area contributed by atoms with Gasteiger partial charge < -0.3 is 9.88 Å². The molecule has 0 amide bonds. The van der Waals surface area contributed by atoms with Crippen LogP contribution in [-0.2, 0) is 0 Å². The molecule has 4 rings (SSSR count). The molecule has 4 nitrogen and oxygen atoms in total. The predicted molar refractivity (Wildman–Crippen MR) is 91.3 cm³/mol. The van der Waals surface area contributed by atoms with Gasteiger partial charge in [0.25, 0.3) is 0 Å². The Morgan fingerprint density at radius 2 is 1.91 bits per heavy atom. The summed E-state index contributed by atoms with van der Waals surface area (Å²) in [5.74, 6) is 2.47. The molecule has 3 heterocycles. The van der Waals surface area contributed by atoms with Gasteiger partial charge in [-0.15, -0.1) is 0 Å². The highest BCUT2D eigenvalue weighted by Gasteiger charge is 2.25. The molecule has 1 aromatic carbocycles. The summed E-state index contributed by atoms with van der Waals surface area (Å²) >= 11 is 0. The zero-order chi connectivity index (χ0) is 15.3. The molecule has 2 atom stereocenters. The van der Waals surface area contributed by atoms with Crippen LogP contribution in [-0.4, -0.2) is 28.0 Å². The first-order chi connectivity index (χ1) is 10.6. The predicted octanol–water partition coefficient (Wildman–Crippen LogP) is 3.90. The van der Waals surface area contributed by atoms with Gasteiger partial charge in [0.15, 0.2) is 5.82 Å². The molecule has 0 radical (unpaired) electrons. The van der Waals surface area contributed by atoms with Crippen LogP contribution in [0.4, 0.5) is 5.82 Å². The summed E-state index contributed by atoms with van der Waals surface area (Å²) in [5, 5.41) is 1.19. The summed E-state index contributed by atoms with van der Waals surface area (Å²) in [4.78, 5) is 15.1. The Hall–Kier alpha value is -2.10. The molecule has 0 saturated carbocycles. The molecule has 1 aliphatic heterocycles. The van der Waals surface area contributed by atoms with Gasteiger partial charge in [-0.2, -0.15) is 0 Å². The largest absolute Gasteiger partial charge is 0.354 e. The Morgan fingerprint density at radius 3 is 2.68 bits per heavy atom. The van der Waals surface area contributed by atoms with Gasteiger partial charge in [-0.05, 0) is 37.3 Å². The van der Waals surface area contributed by atoms with Crippen LogP contribution in [0.5, 0.6) is 0 Å². The Balaban J connectivity index is 1.89. The fourth-order valence-electron chi connectivity index (χ4n) is 3.87. The van der Waals surface area contributed by atoms with Crippen molar-refractivity contribution in [2.45, 2.75) is 27.2 Å². The van der Waals surface area contributed by atoms with Crippen molar-refractivity contribution in [3.63, 3.8) is 0 Å². The maximum absolute atomic E-state index is 4.60. The third-order valence-electron chi connectivity index (χ3n) is 4.69. The third-order valence-corrected chi connectivity index (χ3v) is 4.69. The SMILES string of the molecule is Cc1ccc2[nH]c3c(N4CC(C)CC(C)C4)ncnc3c2c1. The maximum Gasteiger partial charge on any atom is 0.156 e. The van der Waals surface area contributed by atoms with Crippen molar-refractivity contribution in [1.82, 2.24) is 15.0 Å². The van der Waals surface area contributed by atoms with Crippen LogP contribution in [0.25, 0.3) is 21.9 Å². The van der Waals surface area contributed by atoms with Crippen molar-refractivity contribution in [3.8, 4) is 0 Å². The topological polar surface area (TPSA) is 44.8 Å². The molecule has 0 spiro atoms. The van der Waals surface area contributed by atoms with Crippen LogP contribution in [0.15, 0.2) is 24.5 Å². The highest BCUT2D eigenvalue weighted by molar-refractivity contribution is 6.08. The van der Waals surface area contributed by atoms with Crippen molar-refractivity contribution < 1.29 is 0 Å². The number of fused-ring (bicyclic) bond motifs is 3. The second-order valence-corrected chi connectivity index (χ2v) is 6.95. The molecular formula is C18H22N4. The molecule has 22 heavy (non-hydrogen) atoms. The number of nitrogens with one attached hydrogen (secondary N) is 1. The summed E-state index contributed by atoms with van der Waals surface area (Å²) < 4.78 is 0. The summed E-state index contributed by atoms with van der Waals surface area (Å²) in [6.45, 7) is 8.93. The summed E-state index contributed by atoms with van der Waals surface area (Å²) in [7, 11) is 0. The standard InChI is InChI=1S/C18H22N4/c1-11-4-5-15-14(7-11)16-17(21-15)18(20-10-19-16)22-8-12(2)6-13(3)9-22/h4-5,7,10,12-13,21H,6,8-9H2,1-3H3. The minimum atomic E-state index is 0.709. The Bertz CT molecular complexity index is 826. The first-order valence-electron chi connectivity index (χ1n) is 8.10. The van der Waals surface area contributed by atoms with E-state index in [4.69, 9.17) is 0 Å². The first-order valence-corrected chi connectivity index (χ1v) is 8.10. The number of anilines is 1. The lowest BCUT2D eigenvalue weighted by Crippen LogP contribution is -2.39. The molecule has 1 saturated heterocycles. The Kier molecular flexibility index (Phi) is 3.06. The molecule has 4 heteroatoms. The van der Waals surface area contributed by atoms with E-state index >= 15 is 0 Å². The molecule has 0 aliphatic carbocycles. The molecule has 1 aliphatic rings. The number of nitrogens with zero attached hydrogens (tertiary/aromatic N) is 3. The summed E-state index contributed by atoms with van der Waals surface area (Å²) in [5.41, 5.74) is 4.51. The van der Waals surface area contributed by atoms with Gasteiger partial charge in [0, 0.05) is 24.0 Å². The van der Waals surface area contributed by atoms with E-state index < -0.39 is 0 Å². The van der Waals surface area contributed by atoms with Crippen molar-refractivity contribution in [2.75, 3.05) is 18.0 Å². The van der Waals surface area contributed by atoms with Crippen LogP contribution in [0.1, 0.15) is 25.8 Å². The van der Waals surface area contributed by atoms with E-state index in [1.54, 1.807) is 6.33 Å². The average Bonchev–Trinajstić information content (AvgIpc) is 2.84. The molecule has 114 valence electrons. The van der Waals surface area contributed by atoms with E-state index in [1.165, 1.54) is 17.4 Å².